The van der Waals surface area contributed by atoms with Gasteiger partial charge in [0.1, 0.15) is 6.61 Å². The van der Waals surface area contributed by atoms with E-state index in [1.807, 2.05) is 26.0 Å². The second-order valence-electron chi connectivity index (χ2n) is 6.28. The Morgan fingerprint density at radius 3 is 2.61 bits per heavy atom. The number of hydrogen-bond acceptors (Lipinski definition) is 6. The van der Waals surface area contributed by atoms with Crippen molar-refractivity contribution >= 4 is 34.7 Å². The molecule has 0 aliphatic carbocycles. The molecule has 0 unspecified atom stereocenters. The van der Waals surface area contributed by atoms with Crippen LogP contribution in [0.5, 0.6) is 23.0 Å². The summed E-state index contributed by atoms with van der Waals surface area (Å²) >= 11 is 2.19. The lowest BCUT2D eigenvalue weighted by atomic mass is 10.2. The average molecular weight is 538 g/mol. The highest BCUT2D eigenvalue weighted by Gasteiger charge is 2.12. The molecule has 7 nitrogen and oxygen atoms in total. The van der Waals surface area contributed by atoms with Crippen LogP contribution in [0, 0.1) is 3.57 Å². The smallest absolute Gasteiger partial charge is 0.271 e. The van der Waals surface area contributed by atoms with E-state index in [-0.39, 0.29) is 5.91 Å². The highest BCUT2D eigenvalue weighted by atomic mass is 127. The van der Waals surface area contributed by atoms with Crippen LogP contribution in [0.4, 0.5) is 0 Å². The molecule has 2 aromatic carbocycles. The lowest BCUT2D eigenvalue weighted by Gasteiger charge is -2.13. The highest BCUT2D eigenvalue weighted by molar-refractivity contribution is 14.1. The molecule has 0 fully saturated rings. The third kappa shape index (κ3) is 7.16. The zero-order valence-electron chi connectivity index (χ0n) is 17.9. The van der Waals surface area contributed by atoms with E-state index < -0.39 is 0 Å². The molecular formula is C23H27IN2O5. The van der Waals surface area contributed by atoms with Crippen LogP contribution in [0.25, 0.3) is 0 Å². The molecule has 1 amide bonds. The van der Waals surface area contributed by atoms with E-state index in [9.17, 15) is 4.79 Å². The van der Waals surface area contributed by atoms with Gasteiger partial charge in [0.15, 0.2) is 23.0 Å². The normalized spacial score (nSPS) is 10.6. The first kappa shape index (κ1) is 24.5. The summed E-state index contributed by atoms with van der Waals surface area (Å²) in [5.41, 5.74) is 3.71. The van der Waals surface area contributed by atoms with Gasteiger partial charge in [0.25, 0.3) is 5.91 Å². The number of ether oxygens (including phenoxy) is 4. The standard InChI is InChI=1S/C23H27IN2O5/c1-5-10-30-19-9-8-17(14-20(19)29-7-3)23(27)26-25-15-16-12-18(24)22(31-11-6-2)21(13-16)28-4/h5,8-9,12-15H,1,6-7,10-11H2,2-4H3,(H,26,27)/b25-15+. The van der Waals surface area contributed by atoms with Crippen molar-refractivity contribution in [2.24, 2.45) is 5.10 Å². The molecular weight excluding hydrogens is 511 g/mol. The summed E-state index contributed by atoms with van der Waals surface area (Å²) in [6, 6.07) is 8.68. The van der Waals surface area contributed by atoms with Gasteiger partial charge in [-0.1, -0.05) is 19.6 Å². The van der Waals surface area contributed by atoms with Crippen molar-refractivity contribution in [2.75, 3.05) is 26.9 Å². The Morgan fingerprint density at radius 1 is 1.13 bits per heavy atom. The highest BCUT2D eigenvalue weighted by Crippen LogP contribution is 2.33. The second-order valence-corrected chi connectivity index (χ2v) is 7.44. The van der Waals surface area contributed by atoms with E-state index in [1.54, 1.807) is 37.6 Å². The van der Waals surface area contributed by atoms with Gasteiger partial charge in [-0.05, 0) is 71.8 Å². The fourth-order valence-corrected chi connectivity index (χ4v) is 3.36. The van der Waals surface area contributed by atoms with E-state index in [4.69, 9.17) is 18.9 Å². The number of halogens is 1. The number of hydrogen-bond donors (Lipinski definition) is 1. The molecule has 0 bridgehead atoms. The molecule has 2 aromatic rings. The SMILES string of the molecule is C=CCOc1ccc(C(=O)N/N=C/c2cc(I)c(OCCC)c(OC)c2)cc1OCC. The van der Waals surface area contributed by atoms with Gasteiger partial charge in [-0.25, -0.2) is 5.43 Å². The number of amides is 1. The minimum atomic E-state index is -0.364. The number of nitrogens with one attached hydrogen (secondary N) is 1. The van der Waals surface area contributed by atoms with Crippen molar-refractivity contribution in [2.45, 2.75) is 20.3 Å². The minimum Gasteiger partial charge on any atom is -0.493 e. The average Bonchev–Trinajstić information content (AvgIpc) is 2.77. The van der Waals surface area contributed by atoms with Gasteiger partial charge in [0, 0.05) is 5.56 Å². The Morgan fingerprint density at radius 2 is 1.94 bits per heavy atom. The van der Waals surface area contributed by atoms with Crippen molar-refractivity contribution in [3.63, 3.8) is 0 Å². The van der Waals surface area contributed by atoms with E-state index >= 15 is 0 Å². The Kier molecular flexibility index (Phi) is 10.2. The third-order valence-electron chi connectivity index (χ3n) is 3.94. The molecule has 0 aliphatic heterocycles. The van der Waals surface area contributed by atoms with Gasteiger partial charge < -0.3 is 18.9 Å². The molecule has 0 aliphatic rings. The Hall–Kier alpha value is -2.75. The first-order chi connectivity index (χ1) is 15.0. The van der Waals surface area contributed by atoms with Crippen LogP contribution in [0.2, 0.25) is 0 Å². The topological polar surface area (TPSA) is 78.4 Å². The van der Waals surface area contributed by atoms with E-state index in [1.165, 1.54) is 0 Å². The summed E-state index contributed by atoms with van der Waals surface area (Å²) in [6.45, 7) is 8.94. The first-order valence-electron chi connectivity index (χ1n) is 9.88. The molecule has 2 rings (SSSR count). The molecule has 8 heteroatoms. The summed E-state index contributed by atoms with van der Waals surface area (Å²) in [6.07, 6.45) is 4.10. The molecule has 166 valence electrons. The van der Waals surface area contributed by atoms with Crippen molar-refractivity contribution in [3.8, 4) is 23.0 Å². The number of rotatable bonds is 12. The number of methoxy groups -OCH3 is 1. The van der Waals surface area contributed by atoms with E-state index in [2.05, 4.69) is 39.7 Å². The van der Waals surface area contributed by atoms with Crippen LogP contribution in [-0.4, -0.2) is 39.1 Å². The number of hydrazone groups is 1. The number of carbonyl (C=O) groups excluding carboxylic acids is 1. The first-order valence-corrected chi connectivity index (χ1v) is 11.0. The summed E-state index contributed by atoms with van der Waals surface area (Å²) < 4.78 is 23.2. The summed E-state index contributed by atoms with van der Waals surface area (Å²) in [5, 5.41) is 4.06. The number of benzene rings is 2. The van der Waals surface area contributed by atoms with Gasteiger partial charge in [-0.2, -0.15) is 5.10 Å². The molecule has 0 heterocycles. The molecule has 0 saturated heterocycles. The van der Waals surface area contributed by atoms with Crippen LogP contribution >= 0.6 is 22.6 Å². The lowest BCUT2D eigenvalue weighted by Crippen LogP contribution is -2.17. The number of nitrogens with zero attached hydrogens (tertiary/aromatic N) is 1. The van der Waals surface area contributed by atoms with Crippen molar-refractivity contribution < 1.29 is 23.7 Å². The predicted molar refractivity (Wildman–Crippen MR) is 130 cm³/mol. The fraction of sp³-hybridized carbons (Fsp3) is 0.304. The van der Waals surface area contributed by atoms with Gasteiger partial charge in [0.2, 0.25) is 0 Å². The zero-order valence-corrected chi connectivity index (χ0v) is 20.1. The Balaban J connectivity index is 2.12. The van der Waals surface area contributed by atoms with Crippen LogP contribution in [0.1, 0.15) is 36.2 Å². The minimum absolute atomic E-state index is 0.348. The second kappa shape index (κ2) is 12.8. The molecule has 0 atom stereocenters. The van der Waals surface area contributed by atoms with Crippen molar-refractivity contribution in [3.05, 3.63) is 57.7 Å². The zero-order chi connectivity index (χ0) is 22.6. The summed E-state index contributed by atoms with van der Waals surface area (Å²) in [4.78, 5) is 12.5. The van der Waals surface area contributed by atoms with Crippen LogP contribution in [0.15, 0.2) is 48.1 Å². The maximum Gasteiger partial charge on any atom is 0.271 e. The lowest BCUT2D eigenvalue weighted by molar-refractivity contribution is 0.0954. The molecule has 31 heavy (non-hydrogen) atoms. The van der Waals surface area contributed by atoms with Crippen molar-refractivity contribution in [1.29, 1.82) is 0 Å². The monoisotopic (exact) mass is 538 g/mol. The molecule has 0 saturated carbocycles. The van der Waals surface area contributed by atoms with Gasteiger partial charge in [0.05, 0.1) is 30.1 Å². The van der Waals surface area contributed by atoms with E-state index in [0.717, 1.165) is 15.6 Å². The van der Waals surface area contributed by atoms with Gasteiger partial charge in [-0.3, -0.25) is 4.79 Å². The molecule has 0 spiro atoms. The largest absolute Gasteiger partial charge is 0.493 e. The van der Waals surface area contributed by atoms with Crippen LogP contribution in [-0.2, 0) is 0 Å². The Bertz CT molecular complexity index is 930. The molecule has 0 aromatic heterocycles. The molecule has 0 radical (unpaired) electrons. The summed E-state index contributed by atoms with van der Waals surface area (Å²) in [7, 11) is 1.59. The van der Waals surface area contributed by atoms with Crippen LogP contribution < -0.4 is 24.4 Å². The Labute approximate surface area is 196 Å². The predicted octanol–water partition coefficient (Wildman–Crippen LogP) is 4.82. The van der Waals surface area contributed by atoms with Crippen LogP contribution in [0.3, 0.4) is 0 Å². The summed E-state index contributed by atoms with van der Waals surface area (Å²) in [5.74, 6) is 1.99. The van der Waals surface area contributed by atoms with Gasteiger partial charge >= 0.3 is 0 Å². The van der Waals surface area contributed by atoms with Crippen molar-refractivity contribution in [1.82, 2.24) is 5.43 Å². The van der Waals surface area contributed by atoms with Gasteiger partial charge in [-0.15, -0.1) is 0 Å². The number of carbonyl (C=O) groups is 1. The third-order valence-corrected chi connectivity index (χ3v) is 4.75. The van der Waals surface area contributed by atoms with E-state index in [0.29, 0.717) is 48.4 Å². The molecule has 1 N–H and O–H groups in total. The maximum absolute atomic E-state index is 12.5. The maximum atomic E-state index is 12.5. The fourth-order valence-electron chi connectivity index (χ4n) is 2.57. The quantitative estimate of drug-likeness (QED) is 0.182.